The van der Waals surface area contributed by atoms with Crippen molar-refractivity contribution in [2.45, 2.75) is 20.8 Å². The molecule has 2 heterocycles. The van der Waals surface area contributed by atoms with E-state index in [2.05, 4.69) is 25.6 Å². The molecule has 3 aromatic rings. The van der Waals surface area contributed by atoms with Crippen LogP contribution in [0.2, 0.25) is 0 Å². The van der Waals surface area contributed by atoms with Crippen LogP contribution in [0.1, 0.15) is 16.8 Å². The number of aryl methyl sites for hydroxylation is 3. The first-order valence-corrected chi connectivity index (χ1v) is 7.98. The predicted molar refractivity (Wildman–Crippen MR) is 100 cm³/mol. The van der Waals surface area contributed by atoms with Gasteiger partial charge in [-0.05, 0) is 50.1 Å². The number of benzene rings is 1. The van der Waals surface area contributed by atoms with E-state index in [0.717, 1.165) is 22.5 Å². The smallest absolute Gasteiger partial charge is 0.334 e. The van der Waals surface area contributed by atoms with E-state index < -0.39 is 4.92 Å². The minimum atomic E-state index is -0.508. The molecule has 0 atom stereocenters. The lowest BCUT2D eigenvalue weighted by atomic mass is 10.1. The monoisotopic (exact) mass is 350 g/mol. The molecule has 0 saturated heterocycles. The molecule has 0 bridgehead atoms. The Morgan fingerprint density at radius 2 is 1.73 bits per heavy atom. The molecule has 0 aliphatic carbocycles. The highest BCUT2D eigenvalue weighted by molar-refractivity contribution is 5.77. The van der Waals surface area contributed by atoms with Gasteiger partial charge < -0.3 is 10.6 Å². The van der Waals surface area contributed by atoms with E-state index in [1.165, 1.54) is 6.33 Å². The Morgan fingerprint density at radius 1 is 1.00 bits per heavy atom. The van der Waals surface area contributed by atoms with Gasteiger partial charge in [0.2, 0.25) is 11.6 Å². The second kappa shape index (κ2) is 7.14. The number of nitro groups is 1. The second-order valence-corrected chi connectivity index (χ2v) is 5.91. The van der Waals surface area contributed by atoms with Crippen molar-refractivity contribution in [3.63, 3.8) is 0 Å². The Labute approximate surface area is 150 Å². The third-order valence-electron chi connectivity index (χ3n) is 3.79. The molecule has 2 N–H and O–H groups in total. The minimum Gasteiger partial charge on any atom is -0.334 e. The SMILES string of the molecule is Cc1ccc(C)c(Nc2ncnc(Nc3cccc(C)n3)c2[N+](=O)[O-])c1. The first kappa shape index (κ1) is 17.3. The van der Waals surface area contributed by atoms with Crippen LogP contribution in [0.25, 0.3) is 0 Å². The summed E-state index contributed by atoms with van der Waals surface area (Å²) in [5.41, 5.74) is 3.30. The van der Waals surface area contributed by atoms with E-state index in [1.807, 2.05) is 51.1 Å². The molecule has 0 spiro atoms. The minimum absolute atomic E-state index is 0.0795. The summed E-state index contributed by atoms with van der Waals surface area (Å²) in [6.45, 7) is 5.72. The summed E-state index contributed by atoms with van der Waals surface area (Å²) in [5, 5.41) is 17.6. The molecule has 0 radical (unpaired) electrons. The van der Waals surface area contributed by atoms with Crippen LogP contribution in [0.5, 0.6) is 0 Å². The molecule has 0 aliphatic heterocycles. The number of rotatable bonds is 5. The van der Waals surface area contributed by atoms with Crippen LogP contribution in [0.3, 0.4) is 0 Å². The summed E-state index contributed by atoms with van der Waals surface area (Å²) in [7, 11) is 0. The molecular weight excluding hydrogens is 332 g/mol. The maximum Gasteiger partial charge on any atom is 0.353 e. The van der Waals surface area contributed by atoms with Gasteiger partial charge in [0.15, 0.2) is 0 Å². The number of nitrogens with one attached hydrogen (secondary N) is 2. The number of anilines is 4. The number of aromatic nitrogens is 3. The van der Waals surface area contributed by atoms with E-state index in [4.69, 9.17) is 0 Å². The molecule has 0 fully saturated rings. The molecule has 3 rings (SSSR count). The van der Waals surface area contributed by atoms with Crippen molar-refractivity contribution in [2.75, 3.05) is 10.6 Å². The standard InChI is InChI=1S/C18H18N6O2/c1-11-7-8-12(2)14(9-11)22-17-16(24(25)26)18(20-10-19-17)23-15-6-4-5-13(3)21-15/h4-10H,1-3H3,(H2,19,20,21,22,23). The zero-order chi connectivity index (χ0) is 18.7. The van der Waals surface area contributed by atoms with Gasteiger partial charge in [-0.25, -0.2) is 15.0 Å². The van der Waals surface area contributed by atoms with Crippen LogP contribution >= 0.6 is 0 Å². The maximum absolute atomic E-state index is 11.7. The Kier molecular flexibility index (Phi) is 4.74. The zero-order valence-corrected chi connectivity index (χ0v) is 14.6. The van der Waals surface area contributed by atoms with Crippen LogP contribution in [0.15, 0.2) is 42.7 Å². The molecule has 8 heteroatoms. The Balaban J connectivity index is 2.01. The lowest BCUT2D eigenvalue weighted by Crippen LogP contribution is -2.06. The van der Waals surface area contributed by atoms with Crippen molar-refractivity contribution >= 4 is 28.8 Å². The number of nitrogens with zero attached hydrogens (tertiary/aromatic N) is 4. The molecule has 0 aliphatic rings. The quantitative estimate of drug-likeness (QED) is 0.525. The number of pyridine rings is 1. The van der Waals surface area contributed by atoms with Crippen LogP contribution < -0.4 is 10.6 Å². The molecule has 26 heavy (non-hydrogen) atoms. The molecule has 0 amide bonds. The van der Waals surface area contributed by atoms with E-state index in [1.54, 1.807) is 6.07 Å². The van der Waals surface area contributed by atoms with E-state index >= 15 is 0 Å². The third kappa shape index (κ3) is 3.75. The normalized spacial score (nSPS) is 10.4. The summed E-state index contributed by atoms with van der Waals surface area (Å²) in [5.74, 6) is 0.675. The van der Waals surface area contributed by atoms with Gasteiger partial charge in [0.25, 0.3) is 0 Å². The maximum atomic E-state index is 11.7. The summed E-state index contributed by atoms with van der Waals surface area (Å²) < 4.78 is 0. The molecule has 132 valence electrons. The second-order valence-electron chi connectivity index (χ2n) is 5.91. The van der Waals surface area contributed by atoms with Gasteiger partial charge in [0, 0.05) is 11.4 Å². The number of hydrogen-bond acceptors (Lipinski definition) is 7. The molecule has 2 aromatic heterocycles. The molecular formula is C18H18N6O2. The Morgan fingerprint density at radius 3 is 2.42 bits per heavy atom. The van der Waals surface area contributed by atoms with Crippen LogP contribution in [-0.2, 0) is 0 Å². The molecule has 0 unspecified atom stereocenters. The largest absolute Gasteiger partial charge is 0.353 e. The fraction of sp³-hybridized carbons (Fsp3) is 0.167. The van der Waals surface area contributed by atoms with Gasteiger partial charge in [-0.15, -0.1) is 0 Å². The van der Waals surface area contributed by atoms with Crippen LogP contribution in [0, 0.1) is 30.9 Å². The molecule has 1 aromatic carbocycles. The number of hydrogen-bond donors (Lipinski definition) is 2. The van der Waals surface area contributed by atoms with Crippen molar-refractivity contribution in [3.8, 4) is 0 Å². The van der Waals surface area contributed by atoms with Crippen molar-refractivity contribution in [2.24, 2.45) is 0 Å². The fourth-order valence-electron chi connectivity index (χ4n) is 2.47. The van der Waals surface area contributed by atoms with E-state index in [9.17, 15) is 10.1 Å². The van der Waals surface area contributed by atoms with Crippen molar-refractivity contribution in [3.05, 3.63) is 69.7 Å². The average molecular weight is 350 g/mol. The van der Waals surface area contributed by atoms with Gasteiger partial charge >= 0.3 is 5.69 Å². The van der Waals surface area contributed by atoms with Gasteiger partial charge in [-0.1, -0.05) is 18.2 Å². The highest BCUT2D eigenvalue weighted by atomic mass is 16.6. The molecule has 8 nitrogen and oxygen atoms in total. The first-order valence-electron chi connectivity index (χ1n) is 7.98. The van der Waals surface area contributed by atoms with Crippen LogP contribution in [0.4, 0.5) is 28.8 Å². The van der Waals surface area contributed by atoms with Gasteiger partial charge in [0.1, 0.15) is 12.1 Å². The lowest BCUT2D eigenvalue weighted by molar-refractivity contribution is -0.383. The zero-order valence-electron chi connectivity index (χ0n) is 14.6. The highest BCUT2D eigenvalue weighted by Gasteiger charge is 2.24. The summed E-state index contributed by atoms with van der Waals surface area (Å²) >= 11 is 0. The topological polar surface area (TPSA) is 106 Å². The van der Waals surface area contributed by atoms with Crippen LogP contribution in [-0.4, -0.2) is 19.9 Å². The van der Waals surface area contributed by atoms with Crippen molar-refractivity contribution in [1.29, 1.82) is 0 Å². The fourth-order valence-corrected chi connectivity index (χ4v) is 2.47. The van der Waals surface area contributed by atoms with E-state index in [0.29, 0.717) is 5.82 Å². The highest BCUT2D eigenvalue weighted by Crippen LogP contribution is 2.33. The summed E-state index contributed by atoms with van der Waals surface area (Å²) in [6, 6.07) is 11.2. The van der Waals surface area contributed by atoms with Crippen molar-refractivity contribution < 1.29 is 4.92 Å². The van der Waals surface area contributed by atoms with Gasteiger partial charge in [0.05, 0.1) is 4.92 Å². The summed E-state index contributed by atoms with van der Waals surface area (Å²) in [6.07, 6.45) is 1.28. The first-order chi connectivity index (χ1) is 12.4. The van der Waals surface area contributed by atoms with Gasteiger partial charge in [-0.3, -0.25) is 10.1 Å². The van der Waals surface area contributed by atoms with Crippen molar-refractivity contribution in [1.82, 2.24) is 15.0 Å². The van der Waals surface area contributed by atoms with Gasteiger partial charge in [-0.2, -0.15) is 0 Å². The lowest BCUT2D eigenvalue weighted by Gasteiger charge is -2.12. The third-order valence-corrected chi connectivity index (χ3v) is 3.79. The summed E-state index contributed by atoms with van der Waals surface area (Å²) in [4.78, 5) is 23.5. The predicted octanol–water partition coefficient (Wildman–Crippen LogP) is 4.19. The average Bonchev–Trinajstić information content (AvgIpc) is 2.58. The Bertz CT molecular complexity index is 974. The molecule has 0 saturated carbocycles. The Hall–Kier alpha value is -3.55. The van der Waals surface area contributed by atoms with E-state index in [-0.39, 0.29) is 17.3 Å².